The van der Waals surface area contributed by atoms with Crippen molar-refractivity contribution in [3.8, 4) is 11.5 Å². The van der Waals surface area contributed by atoms with Crippen LogP contribution in [0.3, 0.4) is 0 Å². The van der Waals surface area contributed by atoms with Crippen molar-refractivity contribution in [3.63, 3.8) is 0 Å². The number of hydrogen-bond acceptors (Lipinski definition) is 5. The Labute approximate surface area is 196 Å². The summed E-state index contributed by atoms with van der Waals surface area (Å²) in [5.41, 5.74) is 0.498. The molecule has 0 radical (unpaired) electrons. The molecular formula is C24H22F2N2O5S. The van der Waals surface area contributed by atoms with Crippen LogP contribution < -0.4 is 10.1 Å². The van der Waals surface area contributed by atoms with Crippen LogP contribution in [0.4, 0.5) is 14.5 Å². The lowest BCUT2D eigenvalue weighted by molar-refractivity contribution is 0.0730. The van der Waals surface area contributed by atoms with Crippen LogP contribution in [-0.2, 0) is 14.8 Å². The molecule has 1 N–H and O–H groups in total. The average molecular weight is 489 g/mol. The standard InChI is InChI=1S/C24H22F2N2O5S/c1-16-2-3-17(14-21(16)26)24(29)27-22-15-20(34(30,31)28-10-12-32-13-11-28)8-9-23(22)33-19-6-4-18(25)5-7-19/h2-9,14-15H,10-13H2,1H3,(H,27,29). The van der Waals surface area contributed by atoms with E-state index in [0.717, 1.165) is 6.07 Å². The molecule has 0 spiro atoms. The molecule has 0 atom stereocenters. The van der Waals surface area contributed by atoms with Crippen molar-refractivity contribution < 1.29 is 31.5 Å². The van der Waals surface area contributed by atoms with E-state index in [-0.39, 0.29) is 53.9 Å². The third-order valence-electron chi connectivity index (χ3n) is 5.28. The van der Waals surface area contributed by atoms with E-state index in [2.05, 4.69) is 5.32 Å². The number of nitrogens with zero attached hydrogens (tertiary/aromatic N) is 1. The summed E-state index contributed by atoms with van der Waals surface area (Å²) in [6, 6.07) is 13.3. The highest BCUT2D eigenvalue weighted by molar-refractivity contribution is 7.89. The first-order valence-corrected chi connectivity index (χ1v) is 11.9. The van der Waals surface area contributed by atoms with Crippen molar-refractivity contribution >= 4 is 21.6 Å². The third kappa shape index (κ3) is 5.24. The fourth-order valence-electron chi connectivity index (χ4n) is 3.35. The molecule has 3 aromatic rings. The highest BCUT2D eigenvalue weighted by Gasteiger charge is 2.27. The summed E-state index contributed by atoms with van der Waals surface area (Å²) in [6.07, 6.45) is 0. The van der Waals surface area contributed by atoms with Gasteiger partial charge in [-0.1, -0.05) is 6.07 Å². The molecule has 1 saturated heterocycles. The summed E-state index contributed by atoms with van der Waals surface area (Å²) >= 11 is 0. The maximum absolute atomic E-state index is 14.0. The minimum Gasteiger partial charge on any atom is -0.455 e. The number of sulfonamides is 1. The second-order valence-corrected chi connectivity index (χ2v) is 9.59. The number of ether oxygens (including phenoxy) is 2. The molecule has 0 aliphatic carbocycles. The smallest absolute Gasteiger partial charge is 0.255 e. The van der Waals surface area contributed by atoms with Gasteiger partial charge in [0.2, 0.25) is 10.0 Å². The molecule has 1 amide bonds. The molecular weight excluding hydrogens is 466 g/mol. The Morgan fingerprint density at radius 3 is 2.38 bits per heavy atom. The van der Waals surface area contributed by atoms with Gasteiger partial charge in [0.25, 0.3) is 5.91 Å². The summed E-state index contributed by atoms with van der Waals surface area (Å²) in [4.78, 5) is 12.8. The van der Waals surface area contributed by atoms with Crippen molar-refractivity contribution in [1.82, 2.24) is 4.31 Å². The van der Waals surface area contributed by atoms with E-state index in [0.29, 0.717) is 5.56 Å². The zero-order valence-corrected chi connectivity index (χ0v) is 19.1. The van der Waals surface area contributed by atoms with Crippen LogP contribution >= 0.6 is 0 Å². The van der Waals surface area contributed by atoms with Crippen LogP contribution in [0.5, 0.6) is 11.5 Å². The average Bonchev–Trinajstić information content (AvgIpc) is 2.83. The van der Waals surface area contributed by atoms with Gasteiger partial charge in [0.1, 0.15) is 17.4 Å². The van der Waals surface area contributed by atoms with Crippen LogP contribution in [0, 0.1) is 18.6 Å². The fourth-order valence-corrected chi connectivity index (χ4v) is 4.79. The molecule has 0 saturated carbocycles. The first-order chi connectivity index (χ1) is 16.2. The normalized spacial score (nSPS) is 14.6. The van der Waals surface area contributed by atoms with E-state index in [1.807, 2.05) is 0 Å². The molecule has 1 aliphatic rings. The monoisotopic (exact) mass is 488 g/mol. The number of amides is 1. The van der Waals surface area contributed by atoms with Crippen molar-refractivity contribution in [2.24, 2.45) is 0 Å². The molecule has 0 aromatic heterocycles. The number of benzene rings is 3. The second-order valence-electron chi connectivity index (χ2n) is 7.65. The second kappa shape index (κ2) is 9.88. The maximum Gasteiger partial charge on any atom is 0.255 e. The van der Waals surface area contributed by atoms with Crippen LogP contribution in [0.25, 0.3) is 0 Å². The van der Waals surface area contributed by atoms with Crippen molar-refractivity contribution in [3.05, 3.63) is 83.4 Å². The Morgan fingerprint density at radius 1 is 1.00 bits per heavy atom. The van der Waals surface area contributed by atoms with Crippen molar-refractivity contribution in [2.45, 2.75) is 11.8 Å². The zero-order valence-electron chi connectivity index (χ0n) is 18.3. The first-order valence-electron chi connectivity index (χ1n) is 10.5. The number of rotatable bonds is 6. The molecule has 1 fully saturated rings. The minimum atomic E-state index is -3.86. The Balaban J connectivity index is 1.69. The topological polar surface area (TPSA) is 84.9 Å². The lowest BCUT2D eigenvalue weighted by atomic mass is 10.1. The third-order valence-corrected chi connectivity index (χ3v) is 7.18. The molecule has 10 heteroatoms. The number of morpholine rings is 1. The number of halogens is 2. The summed E-state index contributed by atoms with van der Waals surface area (Å²) in [7, 11) is -3.86. The number of nitrogens with one attached hydrogen (secondary N) is 1. The first kappa shape index (κ1) is 23.8. The van der Waals surface area contributed by atoms with Gasteiger partial charge < -0.3 is 14.8 Å². The molecule has 1 heterocycles. The van der Waals surface area contributed by atoms with E-state index in [1.54, 1.807) is 6.92 Å². The molecule has 34 heavy (non-hydrogen) atoms. The maximum atomic E-state index is 14.0. The van der Waals surface area contributed by atoms with Crippen molar-refractivity contribution in [2.75, 3.05) is 31.6 Å². The lowest BCUT2D eigenvalue weighted by Gasteiger charge is -2.26. The Kier molecular flexibility index (Phi) is 6.92. The number of hydrogen-bond donors (Lipinski definition) is 1. The molecule has 0 bridgehead atoms. The van der Waals surface area contributed by atoms with Gasteiger partial charge in [0.05, 0.1) is 23.8 Å². The predicted molar refractivity (Wildman–Crippen MR) is 122 cm³/mol. The predicted octanol–water partition coefficient (Wildman–Crippen LogP) is 4.34. The van der Waals surface area contributed by atoms with E-state index < -0.39 is 27.6 Å². The molecule has 1 aliphatic heterocycles. The van der Waals surface area contributed by atoms with Crippen molar-refractivity contribution in [1.29, 1.82) is 0 Å². The summed E-state index contributed by atoms with van der Waals surface area (Å²) < 4.78 is 65.8. The van der Waals surface area contributed by atoms with Gasteiger partial charge >= 0.3 is 0 Å². The van der Waals surface area contributed by atoms with Gasteiger partial charge in [0, 0.05) is 18.7 Å². The largest absolute Gasteiger partial charge is 0.455 e. The highest BCUT2D eigenvalue weighted by atomic mass is 32.2. The molecule has 4 rings (SSSR count). The number of carbonyl (C=O) groups excluding carboxylic acids is 1. The van der Waals surface area contributed by atoms with Gasteiger partial charge in [-0.05, 0) is 67.1 Å². The lowest BCUT2D eigenvalue weighted by Crippen LogP contribution is -2.40. The van der Waals surface area contributed by atoms with Gasteiger partial charge in [-0.15, -0.1) is 0 Å². The molecule has 178 valence electrons. The minimum absolute atomic E-state index is 0.0498. The molecule has 0 unspecified atom stereocenters. The van der Waals surface area contributed by atoms with Gasteiger partial charge in [-0.3, -0.25) is 4.79 Å². The van der Waals surface area contributed by atoms with Gasteiger partial charge in [-0.2, -0.15) is 4.31 Å². The Hall–Kier alpha value is -3.34. The van der Waals surface area contributed by atoms with E-state index >= 15 is 0 Å². The van der Waals surface area contributed by atoms with E-state index in [9.17, 15) is 22.0 Å². The van der Waals surface area contributed by atoms with Gasteiger partial charge in [-0.25, -0.2) is 17.2 Å². The molecule has 7 nitrogen and oxygen atoms in total. The van der Waals surface area contributed by atoms with Crippen LogP contribution in [0.1, 0.15) is 15.9 Å². The zero-order chi connectivity index (χ0) is 24.3. The number of aryl methyl sites for hydroxylation is 1. The summed E-state index contributed by atoms with van der Waals surface area (Å²) in [6.45, 7) is 2.56. The Bertz CT molecular complexity index is 1310. The highest BCUT2D eigenvalue weighted by Crippen LogP contribution is 2.33. The number of anilines is 1. The number of carbonyl (C=O) groups is 1. The molecule has 3 aromatic carbocycles. The van der Waals surface area contributed by atoms with E-state index in [1.165, 1.54) is 58.9 Å². The van der Waals surface area contributed by atoms with Crippen LogP contribution in [0.2, 0.25) is 0 Å². The van der Waals surface area contributed by atoms with Gasteiger partial charge in [0.15, 0.2) is 5.75 Å². The Morgan fingerprint density at radius 2 is 1.71 bits per heavy atom. The summed E-state index contributed by atoms with van der Waals surface area (Å²) in [5.74, 6) is -1.23. The summed E-state index contributed by atoms with van der Waals surface area (Å²) in [5, 5.41) is 2.61. The van der Waals surface area contributed by atoms with Crippen LogP contribution in [0.15, 0.2) is 65.6 Å². The van der Waals surface area contributed by atoms with E-state index in [4.69, 9.17) is 9.47 Å². The fraction of sp³-hybridized carbons (Fsp3) is 0.208. The quantitative estimate of drug-likeness (QED) is 0.558. The SMILES string of the molecule is Cc1ccc(C(=O)Nc2cc(S(=O)(=O)N3CCOCC3)ccc2Oc2ccc(F)cc2)cc1F. The van der Waals surface area contributed by atoms with Crippen LogP contribution in [-0.4, -0.2) is 44.9 Å².